The van der Waals surface area contributed by atoms with Crippen molar-refractivity contribution in [1.82, 2.24) is 30.1 Å². The van der Waals surface area contributed by atoms with E-state index in [0.29, 0.717) is 43.0 Å². The smallest absolute Gasteiger partial charge is 0.408 e. The molecule has 2 saturated heterocycles. The Bertz CT molecular complexity index is 2230. The van der Waals surface area contributed by atoms with E-state index in [-0.39, 0.29) is 31.4 Å². The number of hydrogen-bond acceptors (Lipinski definition) is 11. The number of pyridine rings is 1. The number of sulfonamides is 1. The van der Waals surface area contributed by atoms with Crippen LogP contribution >= 0.6 is 0 Å². The molecular formula is C48H66N6O9S. The van der Waals surface area contributed by atoms with Gasteiger partial charge in [-0.2, -0.15) is 0 Å². The van der Waals surface area contributed by atoms with Crippen molar-refractivity contribution in [3.8, 4) is 11.6 Å². The lowest BCUT2D eigenvalue weighted by Gasteiger charge is -2.35. The van der Waals surface area contributed by atoms with Crippen LogP contribution in [0.3, 0.4) is 0 Å². The van der Waals surface area contributed by atoms with Crippen molar-refractivity contribution in [3.05, 3.63) is 54.6 Å². The normalized spacial score (nSPS) is 29.8. The number of para-hydroxylation sites is 1. The average molecular weight is 903 g/mol. The molecule has 3 N–H and O–H groups in total. The zero-order valence-corrected chi connectivity index (χ0v) is 38.5. The molecule has 5 fully saturated rings. The molecule has 348 valence electrons. The second-order valence-electron chi connectivity index (χ2n) is 19.8. The maximum atomic E-state index is 15.0. The zero-order chi connectivity index (χ0) is 45.2. The van der Waals surface area contributed by atoms with Gasteiger partial charge in [-0.05, 0) is 114 Å². The first-order valence-corrected chi connectivity index (χ1v) is 25.1. The number of piperidine rings is 1. The number of carbonyl (C=O) groups is 4. The molecule has 16 heteroatoms. The summed E-state index contributed by atoms with van der Waals surface area (Å²) >= 11 is 0. The first-order valence-electron chi connectivity index (χ1n) is 23.5. The minimum absolute atomic E-state index is 0.0231. The van der Waals surface area contributed by atoms with Gasteiger partial charge in [-0.1, -0.05) is 57.6 Å². The van der Waals surface area contributed by atoms with Gasteiger partial charge in [0.05, 0.1) is 29.5 Å². The molecule has 3 aliphatic carbocycles. The number of benzene rings is 1. The summed E-state index contributed by atoms with van der Waals surface area (Å²) in [5.74, 6) is -1.33. The molecule has 0 spiro atoms. The molecule has 8 rings (SSSR count). The number of likely N-dealkylation sites (tertiary alicyclic amines) is 1. The van der Waals surface area contributed by atoms with Crippen LogP contribution in [0.15, 0.2) is 49.1 Å². The van der Waals surface area contributed by atoms with E-state index in [1.165, 1.54) is 30.2 Å². The van der Waals surface area contributed by atoms with Gasteiger partial charge in [0, 0.05) is 24.3 Å². The number of nitrogens with zero attached hydrogens (tertiary/aromatic N) is 3. The summed E-state index contributed by atoms with van der Waals surface area (Å²) in [6, 6.07) is 5.54. The average Bonchev–Trinajstić information content (AvgIpc) is 4.16. The number of ether oxygens (including phenoxy) is 3. The van der Waals surface area contributed by atoms with Gasteiger partial charge in [0.15, 0.2) is 0 Å². The van der Waals surface area contributed by atoms with Gasteiger partial charge in [-0.15, -0.1) is 6.58 Å². The second kappa shape index (κ2) is 19.0. The Morgan fingerprint density at radius 3 is 2.55 bits per heavy atom. The molecule has 7 atom stereocenters. The van der Waals surface area contributed by atoms with Gasteiger partial charge >= 0.3 is 6.09 Å². The van der Waals surface area contributed by atoms with Crippen molar-refractivity contribution in [2.24, 2.45) is 17.3 Å². The molecule has 3 saturated carbocycles. The Morgan fingerprint density at radius 2 is 1.81 bits per heavy atom. The Kier molecular flexibility index (Phi) is 13.6. The van der Waals surface area contributed by atoms with Gasteiger partial charge in [-0.3, -0.25) is 19.1 Å². The lowest BCUT2D eigenvalue weighted by atomic mass is 9.85. The van der Waals surface area contributed by atoms with E-state index in [0.717, 1.165) is 69.1 Å². The first kappa shape index (κ1) is 45.9. The monoisotopic (exact) mass is 902 g/mol. The zero-order valence-electron chi connectivity index (χ0n) is 37.6. The Balaban J connectivity index is 1.13. The van der Waals surface area contributed by atoms with Crippen molar-refractivity contribution >= 4 is 44.7 Å². The van der Waals surface area contributed by atoms with Crippen molar-refractivity contribution in [2.45, 2.75) is 146 Å². The van der Waals surface area contributed by atoms with Crippen molar-refractivity contribution in [1.29, 1.82) is 0 Å². The Labute approximate surface area is 377 Å². The summed E-state index contributed by atoms with van der Waals surface area (Å²) in [7, 11) is -3.92. The van der Waals surface area contributed by atoms with Crippen LogP contribution in [0, 0.1) is 17.3 Å². The van der Waals surface area contributed by atoms with Crippen molar-refractivity contribution in [2.75, 3.05) is 32.8 Å². The molecule has 4 heterocycles. The fourth-order valence-corrected chi connectivity index (χ4v) is 11.4. The van der Waals surface area contributed by atoms with E-state index in [1.807, 2.05) is 45.0 Å². The van der Waals surface area contributed by atoms with E-state index < -0.39 is 74.1 Å². The van der Waals surface area contributed by atoms with E-state index in [4.69, 9.17) is 19.2 Å². The number of fused-ring (bicyclic) bond motifs is 5. The number of alkyl carbamates (subject to hydrolysis) is 1. The molecule has 0 radical (unpaired) electrons. The Hall–Kier alpha value is -4.70. The highest BCUT2D eigenvalue weighted by Crippen LogP contribution is 2.46. The van der Waals surface area contributed by atoms with Crippen LogP contribution in [0.1, 0.15) is 110 Å². The van der Waals surface area contributed by atoms with E-state index in [1.54, 1.807) is 0 Å². The fraction of sp³-hybridized carbons (Fsp3) is 0.646. The summed E-state index contributed by atoms with van der Waals surface area (Å²) in [6.45, 7) is 13.0. The van der Waals surface area contributed by atoms with Gasteiger partial charge in [0.1, 0.15) is 35.6 Å². The van der Waals surface area contributed by atoms with E-state index in [9.17, 15) is 27.6 Å². The lowest BCUT2D eigenvalue weighted by Crippen LogP contribution is -2.60. The number of rotatable bonds is 11. The van der Waals surface area contributed by atoms with Gasteiger partial charge < -0.3 is 34.6 Å². The third-order valence-corrected chi connectivity index (χ3v) is 15.8. The van der Waals surface area contributed by atoms with Crippen LogP contribution in [0.25, 0.3) is 10.9 Å². The van der Waals surface area contributed by atoms with E-state index in [2.05, 4.69) is 39.0 Å². The predicted molar refractivity (Wildman–Crippen MR) is 242 cm³/mol. The van der Waals surface area contributed by atoms with Crippen LogP contribution in [0.2, 0.25) is 0 Å². The predicted octanol–water partition coefficient (Wildman–Crippen LogP) is 5.71. The third kappa shape index (κ3) is 10.2. The fourth-order valence-electron chi connectivity index (χ4n) is 10.1. The molecule has 6 aliphatic rings. The summed E-state index contributed by atoms with van der Waals surface area (Å²) in [6.07, 6.45) is 14.4. The molecule has 2 aromatic rings. The molecule has 1 aromatic heterocycles. The molecule has 64 heavy (non-hydrogen) atoms. The highest BCUT2D eigenvalue weighted by atomic mass is 32.2. The van der Waals surface area contributed by atoms with Gasteiger partial charge in [0.2, 0.25) is 27.7 Å². The van der Waals surface area contributed by atoms with Crippen LogP contribution in [-0.4, -0.2) is 115 Å². The lowest BCUT2D eigenvalue weighted by molar-refractivity contribution is -0.143. The number of nitrogens with one attached hydrogen (secondary N) is 3. The van der Waals surface area contributed by atoms with Crippen molar-refractivity contribution in [3.63, 3.8) is 0 Å². The highest BCUT2D eigenvalue weighted by molar-refractivity contribution is 7.91. The maximum absolute atomic E-state index is 15.0. The summed E-state index contributed by atoms with van der Waals surface area (Å²) < 4.78 is 47.6. The van der Waals surface area contributed by atoms with E-state index >= 15 is 0 Å². The molecule has 0 unspecified atom stereocenters. The molecule has 3 aliphatic heterocycles. The number of aromatic nitrogens is 1. The van der Waals surface area contributed by atoms with Crippen molar-refractivity contribution < 1.29 is 41.8 Å². The second-order valence-corrected chi connectivity index (χ2v) is 21.8. The molecule has 1 aromatic carbocycles. The minimum Gasteiger partial charge on any atom is -0.492 e. The number of amides is 4. The first-order chi connectivity index (χ1) is 30.7. The molecule has 4 amide bonds. The number of carbonyl (C=O) groups excluding carboxylic acids is 4. The van der Waals surface area contributed by atoms with Crippen LogP contribution in [0.4, 0.5) is 4.79 Å². The third-order valence-electron chi connectivity index (χ3n) is 14.0. The summed E-state index contributed by atoms with van der Waals surface area (Å²) in [5.41, 5.74) is -0.933. The topological polar surface area (TPSA) is 186 Å². The largest absolute Gasteiger partial charge is 0.492 e. The number of allylic oxidation sites excluding steroid dienone is 2. The maximum Gasteiger partial charge on any atom is 0.408 e. The highest BCUT2D eigenvalue weighted by Gasteiger charge is 2.62. The summed E-state index contributed by atoms with van der Waals surface area (Å²) in [4.78, 5) is 66.0. The molecular weight excluding hydrogens is 837 g/mol. The van der Waals surface area contributed by atoms with Gasteiger partial charge in [0.25, 0.3) is 5.91 Å². The van der Waals surface area contributed by atoms with Gasteiger partial charge in [-0.25, -0.2) is 18.2 Å². The van der Waals surface area contributed by atoms with Crippen LogP contribution in [-0.2, 0) is 35.6 Å². The summed E-state index contributed by atoms with van der Waals surface area (Å²) in [5, 5.41) is 5.96. The standard InChI is InChI=1S/C48H66N6O9S/c1-5-32-29-48(32,45(57)52-64(59,60)34-22-23-34)51-42(55)38-28-33-30-54(38)44(56)41(47(2,3)4)50-46(58)63-39-21-14-17-31(39)16-8-6-9-19-36-40(61-27-15-26-53-24-12-7-13-25-53)35-18-10-11-20-37(35)49-43(36)62-33/h5-6,9-11,18,20,31-34,38-39,41H,1,7-8,12-17,19,21-30H2,2-4H3,(H,50,58)(H,51,55)(H,52,57)/b9-6+/t31-,32-,33-,38+,39-,41-,48-/m1/s1. The SMILES string of the molecule is C=C[C@@H]1C[C@]1(NC(=O)[C@@H]1C[C@@H]2CN1C(=O)[C@H](C(C)(C)C)NC(=O)O[C@@H]1CCC[C@H]1CC/C=C/Cc1c(nc3ccccc3c1OCCCN1CCCCC1)O2)C(=O)NS(=O)(=O)C1CC1. The Morgan fingerprint density at radius 1 is 1.03 bits per heavy atom. The number of hydrogen-bond donors (Lipinski definition) is 3. The molecule has 2 bridgehead atoms. The van der Waals surface area contributed by atoms with Crippen LogP contribution in [0.5, 0.6) is 11.6 Å². The van der Waals surface area contributed by atoms with Crippen LogP contribution < -0.4 is 24.8 Å². The quantitative estimate of drug-likeness (QED) is 0.185. The minimum atomic E-state index is -3.92. The molecule has 15 nitrogen and oxygen atoms in total.